The van der Waals surface area contributed by atoms with Gasteiger partial charge in [0.2, 0.25) is 11.8 Å². The summed E-state index contributed by atoms with van der Waals surface area (Å²) >= 11 is 0. The number of ether oxygens (including phenoxy) is 1. The molecule has 70 heavy (non-hydrogen) atoms. The molecule has 0 bridgehead atoms. The van der Waals surface area contributed by atoms with Gasteiger partial charge in [-0.25, -0.2) is 13.8 Å². The number of fused-ring (bicyclic) bond motifs is 2. The Morgan fingerprint density at radius 2 is 1.73 bits per heavy atom. The van der Waals surface area contributed by atoms with Crippen LogP contribution in [0.2, 0.25) is 0 Å². The van der Waals surface area contributed by atoms with E-state index >= 15 is 8.78 Å². The van der Waals surface area contributed by atoms with Crippen molar-refractivity contribution in [2.24, 2.45) is 13.0 Å². The van der Waals surface area contributed by atoms with Gasteiger partial charge in [-0.1, -0.05) is 30.3 Å². The van der Waals surface area contributed by atoms with Crippen molar-refractivity contribution in [3.8, 4) is 0 Å². The number of carbonyl (C=O) groups is 3. The SMILES string of the molecule is COCc1nc2ccc(C3=CC(C)Nc4c3cc([C@H](C)N3CCC(c5ccc(C(=O)N6CCC(CN7CCC(c8ccc(NC9CCC(=O)NC9=O)cc8F)C(C)(F)C7)CC6)cc5)CC3)n4C)cc2[nH]1. The number of methoxy groups -OCH3 is 1. The number of aromatic nitrogens is 3. The Morgan fingerprint density at radius 3 is 2.44 bits per heavy atom. The number of hydrogen-bond donors (Lipinski definition) is 4. The molecule has 4 saturated heterocycles. The number of likely N-dealkylation sites (tertiary alicyclic amines) is 3. The van der Waals surface area contributed by atoms with Gasteiger partial charge < -0.3 is 29.8 Å². The van der Waals surface area contributed by atoms with Crippen molar-refractivity contribution >= 4 is 45.8 Å². The first-order chi connectivity index (χ1) is 33.7. The number of amides is 3. The minimum absolute atomic E-state index is 0.0661. The molecule has 0 saturated carbocycles. The van der Waals surface area contributed by atoms with Crippen LogP contribution in [0.25, 0.3) is 16.6 Å². The molecular formula is C55H67F2N9O4. The molecule has 0 aliphatic carbocycles. The topological polar surface area (TPSA) is 140 Å². The van der Waals surface area contributed by atoms with Gasteiger partial charge in [-0.3, -0.25) is 29.5 Å². The van der Waals surface area contributed by atoms with Crippen molar-refractivity contribution in [3.05, 3.63) is 118 Å². The zero-order chi connectivity index (χ0) is 48.8. The first kappa shape index (κ1) is 47.8. The lowest BCUT2D eigenvalue weighted by molar-refractivity contribution is -0.133. The van der Waals surface area contributed by atoms with Crippen LogP contribution in [-0.4, -0.2) is 118 Å². The van der Waals surface area contributed by atoms with Crippen molar-refractivity contribution in [1.29, 1.82) is 0 Å². The Labute approximate surface area is 409 Å². The number of anilines is 2. The number of alkyl halides is 1. The van der Waals surface area contributed by atoms with Gasteiger partial charge in [-0.2, -0.15) is 0 Å². The lowest BCUT2D eigenvalue weighted by Gasteiger charge is -2.43. The number of hydrogen-bond acceptors (Lipinski definition) is 9. The molecule has 4 unspecified atom stereocenters. The predicted molar refractivity (Wildman–Crippen MR) is 269 cm³/mol. The van der Waals surface area contributed by atoms with E-state index in [1.165, 1.54) is 28.5 Å². The number of carbonyl (C=O) groups excluding carboxylic acids is 3. The number of nitrogens with one attached hydrogen (secondary N) is 4. The van der Waals surface area contributed by atoms with Gasteiger partial charge >= 0.3 is 0 Å². The van der Waals surface area contributed by atoms with Gasteiger partial charge in [-0.15, -0.1) is 0 Å². The van der Waals surface area contributed by atoms with Crippen LogP contribution < -0.4 is 16.0 Å². The monoisotopic (exact) mass is 956 g/mol. The first-order valence-corrected chi connectivity index (χ1v) is 25.3. The molecule has 13 nitrogen and oxygen atoms in total. The summed E-state index contributed by atoms with van der Waals surface area (Å²) < 4.78 is 39.5. The molecule has 370 valence electrons. The van der Waals surface area contributed by atoms with Gasteiger partial charge in [-0.05, 0) is 155 Å². The normalized spacial score (nSPS) is 24.5. The summed E-state index contributed by atoms with van der Waals surface area (Å²) in [6, 6.07) is 21.6. The maximum atomic E-state index is 16.4. The van der Waals surface area contributed by atoms with Crippen LogP contribution in [0.4, 0.5) is 20.3 Å². The largest absolute Gasteiger partial charge is 0.377 e. The first-order valence-electron chi connectivity index (χ1n) is 25.3. The molecule has 10 rings (SSSR count). The third kappa shape index (κ3) is 9.76. The molecule has 3 aromatic carbocycles. The highest BCUT2D eigenvalue weighted by Gasteiger charge is 2.43. The average Bonchev–Trinajstić information content (AvgIpc) is 3.91. The number of imidazole rings is 1. The van der Waals surface area contributed by atoms with Gasteiger partial charge in [0.15, 0.2) is 0 Å². The average molecular weight is 956 g/mol. The van der Waals surface area contributed by atoms with Crippen LogP contribution >= 0.6 is 0 Å². The second kappa shape index (κ2) is 19.7. The van der Waals surface area contributed by atoms with E-state index in [-0.39, 0.29) is 36.9 Å². The number of rotatable bonds is 12. The lowest BCUT2D eigenvalue weighted by atomic mass is 9.78. The van der Waals surface area contributed by atoms with Gasteiger partial charge in [0.1, 0.15) is 35.8 Å². The minimum Gasteiger partial charge on any atom is -0.377 e. The second-order valence-corrected chi connectivity index (χ2v) is 20.8. The van der Waals surface area contributed by atoms with Gasteiger partial charge in [0.05, 0.1) is 11.0 Å². The molecule has 3 amide bonds. The van der Waals surface area contributed by atoms with Crippen LogP contribution in [0.15, 0.2) is 72.8 Å². The number of imide groups is 1. The molecule has 5 aliphatic rings. The third-order valence-electron chi connectivity index (χ3n) is 16.0. The zero-order valence-electron chi connectivity index (χ0n) is 41.1. The van der Waals surface area contributed by atoms with E-state index in [4.69, 9.17) is 4.74 Å². The van der Waals surface area contributed by atoms with Crippen molar-refractivity contribution < 1.29 is 27.9 Å². The highest BCUT2D eigenvalue weighted by atomic mass is 19.1. The molecule has 5 aromatic rings. The molecule has 4 N–H and O–H groups in total. The molecule has 2 aromatic heterocycles. The third-order valence-corrected chi connectivity index (χ3v) is 16.0. The molecule has 0 spiro atoms. The summed E-state index contributed by atoms with van der Waals surface area (Å²) in [6.45, 7) is 11.5. The molecule has 15 heteroatoms. The summed E-state index contributed by atoms with van der Waals surface area (Å²) in [5.41, 5.74) is 7.99. The van der Waals surface area contributed by atoms with E-state index in [1.807, 2.05) is 17.0 Å². The van der Waals surface area contributed by atoms with Crippen LogP contribution in [0.5, 0.6) is 0 Å². The fourth-order valence-electron chi connectivity index (χ4n) is 12.1. The highest BCUT2D eigenvalue weighted by molar-refractivity contribution is 6.01. The van der Waals surface area contributed by atoms with E-state index < -0.39 is 29.4 Å². The maximum absolute atomic E-state index is 16.4. The number of benzene rings is 3. The van der Waals surface area contributed by atoms with Crippen molar-refractivity contribution in [3.63, 3.8) is 0 Å². The Bertz CT molecular complexity index is 2790. The quantitative estimate of drug-likeness (QED) is 0.0906. The summed E-state index contributed by atoms with van der Waals surface area (Å²) in [6.07, 6.45) is 7.19. The standard InChI is InChI=1S/C55H67F2N9O4/c1-33-26-42(39-10-13-46-48(27-39)61-50(60-46)31-70-5)43-29-49(63(4)52(43)58-33)34(2)65-24-18-37(19-25-65)36-6-8-38(9-7-36)54(69)66-22-16-35(17-23-66)30-64-21-20-44(55(3,57)32-64)41-12-11-40(28-45(41)56)59-47-14-15-51(67)62-53(47)68/h6-13,26-29,33-35,37,44,47,58-59H,14-25,30-32H2,1-5H3,(H,60,61)(H,62,67,68)/t33?,34-,44?,47?,55?/m0/s1. The molecule has 0 radical (unpaired) electrons. The van der Waals surface area contributed by atoms with E-state index in [0.717, 1.165) is 79.1 Å². The number of nitrogens with zero attached hydrogens (tertiary/aromatic N) is 5. The fourth-order valence-corrected chi connectivity index (χ4v) is 12.1. The van der Waals surface area contributed by atoms with Crippen molar-refractivity contribution in [1.82, 2.24) is 34.6 Å². The molecule has 4 fully saturated rings. The predicted octanol–water partition coefficient (Wildman–Crippen LogP) is 8.66. The smallest absolute Gasteiger partial charge is 0.253 e. The molecular weight excluding hydrogens is 889 g/mol. The zero-order valence-corrected chi connectivity index (χ0v) is 41.1. The Morgan fingerprint density at radius 1 is 0.957 bits per heavy atom. The summed E-state index contributed by atoms with van der Waals surface area (Å²) in [7, 11) is 3.86. The summed E-state index contributed by atoms with van der Waals surface area (Å²) in [4.78, 5) is 52.3. The van der Waals surface area contributed by atoms with Crippen LogP contribution in [0.3, 0.4) is 0 Å². The van der Waals surface area contributed by atoms with E-state index in [0.29, 0.717) is 62.2 Å². The highest BCUT2D eigenvalue weighted by Crippen LogP contribution is 2.43. The number of halogens is 2. The lowest BCUT2D eigenvalue weighted by Crippen LogP contribution is -2.50. The van der Waals surface area contributed by atoms with E-state index in [2.05, 4.69) is 104 Å². The van der Waals surface area contributed by atoms with Crippen LogP contribution in [-0.2, 0) is 28.0 Å². The van der Waals surface area contributed by atoms with E-state index in [9.17, 15) is 14.4 Å². The number of aromatic amines is 1. The van der Waals surface area contributed by atoms with Crippen molar-refractivity contribution in [2.75, 3.05) is 63.6 Å². The summed E-state index contributed by atoms with van der Waals surface area (Å²) in [5, 5.41) is 9.05. The second-order valence-electron chi connectivity index (χ2n) is 20.8. The Kier molecular flexibility index (Phi) is 13.5. The summed E-state index contributed by atoms with van der Waals surface area (Å²) in [5.74, 6) is 0.987. The number of H-pyrrole nitrogens is 1. The van der Waals surface area contributed by atoms with Gasteiger partial charge in [0, 0.05) is 87.3 Å². The number of piperidine rings is 4. The van der Waals surface area contributed by atoms with Crippen LogP contribution in [0, 0.1) is 11.7 Å². The molecule has 5 atom stereocenters. The molecule has 5 aliphatic heterocycles. The molecule has 7 heterocycles. The van der Waals surface area contributed by atoms with E-state index in [1.54, 1.807) is 26.2 Å². The fraction of sp³-hybridized carbons (Fsp3) is 0.491. The van der Waals surface area contributed by atoms with Gasteiger partial charge in [0.25, 0.3) is 5.91 Å². The minimum atomic E-state index is -1.63. The van der Waals surface area contributed by atoms with Crippen LogP contribution in [0.1, 0.15) is 128 Å². The Balaban J connectivity index is 0.689. The Hall–Kier alpha value is -5.90. The van der Waals surface area contributed by atoms with Crippen molar-refractivity contribution in [2.45, 2.75) is 108 Å². The maximum Gasteiger partial charge on any atom is 0.253 e.